The van der Waals surface area contributed by atoms with Crippen LogP contribution in [0.4, 0.5) is 0 Å². The van der Waals surface area contributed by atoms with E-state index in [1.165, 1.54) is 33.2 Å². The molecule has 0 saturated heterocycles. The molecule has 0 saturated carbocycles. The second-order valence-corrected chi connectivity index (χ2v) is 6.83. The van der Waals surface area contributed by atoms with Gasteiger partial charge in [0.2, 0.25) is 5.69 Å². The minimum Gasteiger partial charge on any atom is -0.389 e. The van der Waals surface area contributed by atoms with Crippen molar-refractivity contribution in [2.24, 2.45) is 7.05 Å². The second kappa shape index (κ2) is 6.05. The van der Waals surface area contributed by atoms with Crippen LogP contribution in [0.5, 0.6) is 0 Å². The molecule has 1 N–H and O–H groups in total. The number of rotatable bonds is 4. The van der Waals surface area contributed by atoms with E-state index < -0.39 is 6.10 Å². The van der Waals surface area contributed by atoms with Crippen LogP contribution in [0.2, 0.25) is 0 Å². The van der Waals surface area contributed by atoms with Gasteiger partial charge in [-0.1, -0.05) is 36.4 Å². The van der Waals surface area contributed by atoms with Gasteiger partial charge in [-0.2, -0.15) is 4.68 Å². The van der Waals surface area contributed by atoms with Crippen LogP contribution in [0.25, 0.3) is 21.8 Å². The first-order chi connectivity index (χ1) is 12.1. The minimum atomic E-state index is -0.462. The van der Waals surface area contributed by atoms with Crippen LogP contribution in [-0.4, -0.2) is 20.5 Å². The molecule has 2 heterocycles. The number of hydrogen-bond acceptors (Lipinski definition) is 1. The van der Waals surface area contributed by atoms with E-state index in [4.69, 9.17) is 0 Å². The number of aliphatic hydroxyl groups is 1. The Morgan fingerprint density at radius 1 is 0.920 bits per heavy atom. The smallest absolute Gasteiger partial charge is 0.204 e. The zero-order chi connectivity index (χ0) is 17.6. The molecule has 0 spiro atoms. The summed E-state index contributed by atoms with van der Waals surface area (Å²) in [6.45, 7) is 5.32. The van der Waals surface area contributed by atoms with Crippen LogP contribution in [0.15, 0.2) is 54.6 Å². The fourth-order valence-electron chi connectivity index (χ4n) is 3.83. The molecule has 25 heavy (non-hydrogen) atoms. The van der Waals surface area contributed by atoms with Gasteiger partial charge in [-0.15, -0.1) is 4.68 Å². The topological polar surface area (TPSA) is 34.0 Å². The van der Waals surface area contributed by atoms with Crippen LogP contribution in [0, 0.1) is 13.8 Å². The zero-order valence-corrected chi connectivity index (χ0v) is 15.0. The molecule has 0 radical (unpaired) electrons. The largest absolute Gasteiger partial charge is 0.389 e. The number of hydrogen-bond donors (Lipinski definition) is 1. The molecule has 2 aromatic carbocycles. The van der Waals surface area contributed by atoms with Crippen molar-refractivity contribution in [3.8, 4) is 0 Å². The van der Waals surface area contributed by atoms with Gasteiger partial charge in [0, 0.05) is 34.8 Å². The van der Waals surface area contributed by atoms with Gasteiger partial charge in [0.25, 0.3) is 0 Å². The predicted octanol–water partition coefficient (Wildman–Crippen LogP) is 3.10. The maximum Gasteiger partial charge on any atom is 0.204 e. The molecular formula is C21H24N3O+. The Bertz CT molecular complexity index is 1000. The van der Waals surface area contributed by atoms with Crippen LogP contribution in [0.1, 0.15) is 11.4 Å². The van der Waals surface area contributed by atoms with Crippen LogP contribution < -0.4 is 4.68 Å². The third-order valence-electron chi connectivity index (χ3n) is 5.15. The monoisotopic (exact) mass is 334 g/mol. The molecule has 0 amide bonds. The van der Waals surface area contributed by atoms with E-state index in [1.807, 2.05) is 7.05 Å². The maximum atomic E-state index is 10.8. The molecular weight excluding hydrogens is 310 g/mol. The van der Waals surface area contributed by atoms with Crippen LogP contribution in [0.3, 0.4) is 0 Å². The van der Waals surface area contributed by atoms with Crippen molar-refractivity contribution in [2.75, 3.05) is 0 Å². The predicted molar refractivity (Wildman–Crippen MR) is 101 cm³/mol. The molecule has 0 aliphatic carbocycles. The highest BCUT2D eigenvalue weighted by Crippen LogP contribution is 2.28. The summed E-state index contributed by atoms with van der Waals surface area (Å²) in [7, 11) is 2.04. The van der Waals surface area contributed by atoms with Crippen molar-refractivity contribution < 1.29 is 9.79 Å². The highest BCUT2D eigenvalue weighted by molar-refractivity contribution is 6.07. The Morgan fingerprint density at radius 3 is 2.00 bits per heavy atom. The average Bonchev–Trinajstić information content (AvgIpc) is 3.05. The first-order valence-corrected chi connectivity index (χ1v) is 8.73. The number of aryl methyl sites for hydroxylation is 2. The summed E-state index contributed by atoms with van der Waals surface area (Å²) < 4.78 is 6.47. The average molecular weight is 334 g/mol. The van der Waals surface area contributed by atoms with E-state index in [0.717, 1.165) is 0 Å². The lowest BCUT2D eigenvalue weighted by Gasteiger charge is -2.14. The summed E-state index contributed by atoms with van der Waals surface area (Å²) in [6, 6.07) is 19.0. The molecule has 2 aromatic heterocycles. The van der Waals surface area contributed by atoms with Gasteiger partial charge >= 0.3 is 0 Å². The second-order valence-electron chi connectivity index (χ2n) is 6.83. The number of fused-ring (bicyclic) bond motifs is 3. The molecule has 0 bridgehead atoms. The summed E-state index contributed by atoms with van der Waals surface area (Å²) in [5.74, 6) is 0. The van der Waals surface area contributed by atoms with E-state index in [1.54, 1.807) is 0 Å². The molecule has 4 heteroatoms. The van der Waals surface area contributed by atoms with Crippen molar-refractivity contribution in [1.29, 1.82) is 0 Å². The van der Waals surface area contributed by atoms with Crippen LogP contribution in [-0.2, 0) is 20.1 Å². The van der Waals surface area contributed by atoms with Gasteiger partial charge in [-0.25, -0.2) is 0 Å². The molecule has 0 unspecified atom stereocenters. The van der Waals surface area contributed by atoms with Crippen molar-refractivity contribution in [3.63, 3.8) is 0 Å². The third kappa shape index (κ3) is 2.63. The third-order valence-corrected chi connectivity index (χ3v) is 5.15. The normalized spacial score (nSPS) is 13.0. The van der Waals surface area contributed by atoms with E-state index >= 15 is 0 Å². The van der Waals surface area contributed by atoms with E-state index in [9.17, 15) is 5.11 Å². The Balaban J connectivity index is 1.72. The molecule has 4 nitrogen and oxygen atoms in total. The summed E-state index contributed by atoms with van der Waals surface area (Å²) in [6.07, 6.45) is -0.462. The molecule has 0 fully saturated rings. The molecule has 128 valence electrons. The van der Waals surface area contributed by atoms with Crippen molar-refractivity contribution in [3.05, 3.63) is 66.0 Å². The lowest BCUT2D eigenvalue weighted by molar-refractivity contribution is -0.759. The molecule has 0 aliphatic rings. The Kier molecular flexibility index (Phi) is 3.85. The van der Waals surface area contributed by atoms with Gasteiger partial charge in [0.05, 0.1) is 18.3 Å². The van der Waals surface area contributed by atoms with Gasteiger partial charge in [-0.3, -0.25) is 0 Å². The van der Waals surface area contributed by atoms with Gasteiger partial charge in [0.1, 0.15) is 6.54 Å². The molecule has 1 atom stereocenters. The van der Waals surface area contributed by atoms with Crippen LogP contribution >= 0.6 is 0 Å². The number of nitrogens with zero attached hydrogens (tertiary/aromatic N) is 3. The van der Waals surface area contributed by atoms with Crippen molar-refractivity contribution in [2.45, 2.75) is 33.0 Å². The van der Waals surface area contributed by atoms with Gasteiger partial charge < -0.3 is 9.67 Å². The Labute approximate surface area is 147 Å². The van der Waals surface area contributed by atoms with E-state index in [-0.39, 0.29) is 0 Å². The number of aliphatic hydroxyl groups excluding tert-OH is 1. The quantitative estimate of drug-likeness (QED) is 0.572. The standard InChI is InChI=1S/C21H24N3O/c1-15-12-16(2)24(22(15)3)14-17(25)13-23-20-10-6-4-8-18(20)19-9-5-7-11-21(19)23/h4-12,17,25H,13-14H2,1-3H3/q+1/t17-/m0/s1. The first-order valence-electron chi connectivity index (χ1n) is 8.73. The summed E-state index contributed by atoms with van der Waals surface area (Å²) in [5, 5.41) is 13.3. The SMILES string of the molecule is Cc1cc(C)[n+](C)n1C[C@@H](O)Cn1c2ccccc2c2ccccc21. The highest BCUT2D eigenvalue weighted by Gasteiger charge is 2.19. The summed E-state index contributed by atoms with van der Waals surface area (Å²) in [4.78, 5) is 0. The fraction of sp³-hybridized carbons (Fsp3) is 0.286. The van der Waals surface area contributed by atoms with E-state index in [0.29, 0.717) is 13.1 Å². The maximum absolute atomic E-state index is 10.8. The summed E-state index contributed by atoms with van der Waals surface area (Å²) in [5.41, 5.74) is 4.71. The molecule has 0 aliphatic heterocycles. The summed E-state index contributed by atoms with van der Waals surface area (Å²) >= 11 is 0. The van der Waals surface area contributed by atoms with Gasteiger partial charge in [0.15, 0.2) is 7.05 Å². The Morgan fingerprint density at radius 2 is 1.48 bits per heavy atom. The van der Waals surface area contributed by atoms with E-state index in [2.05, 4.69) is 82.4 Å². The van der Waals surface area contributed by atoms with Crippen molar-refractivity contribution in [1.82, 2.24) is 9.25 Å². The van der Waals surface area contributed by atoms with Crippen molar-refractivity contribution >= 4 is 21.8 Å². The van der Waals surface area contributed by atoms with Gasteiger partial charge in [-0.05, 0) is 19.1 Å². The zero-order valence-electron chi connectivity index (χ0n) is 15.0. The molecule has 4 aromatic rings. The number of benzene rings is 2. The first kappa shape index (κ1) is 15.9. The minimum absolute atomic E-state index is 0.462. The Hall–Kier alpha value is -2.59. The number of para-hydroxylation sites is 2. The lowest BCUT2D eigenvalue weighted by Crippen LogP contribution is -2.44. The number of aromatic nitrogens is 3. The highest BCUT2D eigenvalue weighted by atomic mass is 16.3. The molecule has 4 rings (SSSR count). The fourth-order valence-corrected chi connectivity index (χ4v) is 3.83. The lowest BCUT2D eigenvalue weighted by atomic mass is 10.2.